The van der Waals surface area contributed by atoms with Crippen LogP contribution in [0.3, 0.4) is 0 Å². The molecule has 16 aromatic rings. The van der Waals surface area contributed by atoms with Crippen LogP contribution >= 0.6 is 0 Å². The lowest BCUT2D eigenvalue weighted by Gasteiger charge is -2.14. The van der Waals surface area contributed by atoms with Crippen LogP contribution in [0.4, 0.5) is 0 Å². The third-order valence-corrected chi connectivity index (χ3v) is 14.7. The fraction of sp³-hybridized carbons (Fsp3) is 0. The minimum Gasteiger partial charge on any atom is -0.309 e. The van der Waals surface area contributed by atoms with Crippen molar-refractivity contribution in [1.29, 1.82) is 0 Å². The van der Waals surface area contributed by atoms with Gasteiger partial charge in [-0.1, -0.05) is 146 Å². The fourth-order valence-electron chi connectivity index (χ4n) is 11.8. The van der Waals surface area contributed by atoms with Crippen molar-refractivity contribution < 1.29 is 0 Å². The highest BCUT2D eigenvalue weighted by Crippen LogP contribution is 2.42. The van der Waals surface area contributed by atoms with Gasteiger partial charge >= 0.3 is 0 Å². The number of aromatic nitrogens is 8. The lowest BCUT2D eigenvalue weighted by molar-refractivity contribution is 0.848. The second-order valence-corrected chi connectivity index (χ2v) is 18.5. The Morgan fingerprint density at radius 3 is 0.690 bits per heavy atom. The predicted octanol–water partition coefficient (Wildman–Crippen LogP) is 15.4. The Balaban J connectivity index is 1.05. The Kier molecular flexibility index (Phi) is 7.73. The topological polar surface area (TPSA) is 63.3 Å². The summed E-state index contributed by atoms with van der Waals surface area (Å²) in [6, 6.07) is 82.5. The summed E-state index contributed by atoms with van der Waals surface area (Å²) in [5.41, 5.74) is 12.9. The zero-order valence-electron chi connectivity index (χ0n) is 38.0. The van der Waals surface area contributed by atoms with E-state index in [2.05, 4.69) is 253 Å². The van der Waals surface area contributed by atoms with E-state index in [1.54, 1.807) is 0 Å². The van der Waals surface area contributed by atoms with E-state index < -0.39 is 0 Å². The van der Waals surface area contributed by atoms with Crippen LogP contribution in [0.2, 0.25) is 0 Å². The largest absolute Gasteiger partial charge is 0.309 e. The molecule has 330 valence electrons. The van der Waals surface area contributed by atoms with Gasteiger partial charge in [-0.25, -0.2) is 0 Å². The molecule has 10 aromatic carbocycles. The predicted molar refractivity (Wildman–Crippen MR) is 292 cm³/mol. The molecule has 0 aliphatic carbocycles. The molecule has 0 aliphatic heterocycles. The summed E-state index contributed by atoms with van der Waals surface area (Å²) in [6.45, 7) is 0. The van der Waals surface area contributed by atoms with Crippen molar-refractivity contribution in [3.63, 3.8) is 0 Å². The van der Waals surface area contributed by atoms with E-state index >= 15 is 0 Å². The van der Waals surface area contributed by atoms with E-state index in [9.17, 15) is 0 Å². The van der Waals surface area contributed by atoms with Crippen LogP contribution in [0.1, 0.15) is 0 Å². The molecule has 0 fully saturated rings. The molecule has 0 amide bonds. The second kappa shape index (κ2) is 14.4. The number of nitrogens with zero attached hydrogens (tertiary/aromatic N) is 8. The minimum absolute atomic E-state index is 0.525. The fourth-order valence-corrected chi connectivity index (χ4v) is 11.8. The molecule has 0 N–H and O–H groups in total. The van der Waals surface area contributed by atoms with Gasteiger partial charge < -0.3 is 9.13 Å². The monoisotopic (exact) mass is 906 g/mol. The molecule has 16 rings (SSSR count). The Hall–Kier alpha value is -9.79. The lowest BCUT2D eigenvalue weighted by Crippen LogP contribution is -2.13. The van der Waals surface area contributed by atoms with Gasteiger partial charge in [0.25, 0.3) is 0 Å². The second-order valence-electron chi connectivity index (χ2n) is 18.5. The van der Waals surface area contributed by atoms with Crippen molar-refractivity contribution in [2.45, 2.75) is 0 Å². The first-order chi connectivity index (χ1) is 35.2. The zero-order chi connectivity index (χ0) is 46.3. The summed E-state index contributed by atoms with van der Waals surface area (Å²) in [4.78, 5) is 16.8. The number of rotatable bonds is 5. The van der Waals surface area contributed by atoms with E-state index in [0.29, 0.717) is 17.8 Å². The van der Waals surface area contributed by atoms with Gasteiger partial charge in [0.1, 0.15) is 0 Å². The van der Waals surface area contributed by atoms with Gasteiger partial charge in [0.05, 0.1) is 55.2 Å². The van der Waals surface area contributed by atoms with Gasteiger partial charge in [-0.2, -0.15) is 15.0 Å². The van der Waals surface area contributed by atoms with Crippen molar-refractivity contribution in [3.8, 4) is 29.2 Å². The number of fused-ring (bicyclic) bond motifs is 15. The van der Waals surface area contributed by atoms with Crippen molar-refractivity contribution in [3.05, 3.63) is 231 Å². The number of para-hydroxylation sites is 8. The first kappa shape index (κ1) is 38.2. The first-order valence-corrected chi connectivity index (χ1v) is 24.0. The normalized spacial score (nSPS) is 12.2. The third-order valence-electron chi connectivity index (χ3n) is 14.7. The van der Waals surface area contributed by atoms with Gasteiger partial charge in [-0.05, 0) is 84.9 Å². The van der Waals surface area contributed by atoms with Crippen LogP contribution in [-0.2, 0) is 0 Å². The van der Waals surface area contributed by atoms with Crippen LogP contribution in [0.5, 0.6) is 0 Å². The summed E-state index contributed by atoms with van der Waals surface area (Å²) < 4.78 is 11.5. The van der Waals surface area contributed by atoms with Crippen LogP contribution < -0.4 is 0 Å². The van der Waals surface area contributed by atoms with Gasteiger partial charge in [0.15, 0.2) is 0 Å². The Bertz CT molecular complexity index is 4570. The summed E-state index contributed by atoms with van der Waals surface area (Å²) >= 11 is 0. The first-order valence-electron chi connectivity index (χ1n) is 24.0. The van der Waals surface area contributed by atoms with E-state index in [1.165, 1.54) is 10.8 Å². The van der Waals surface area contributed by atoms with Gasteiger partial charge in [-0.15, -0.1) is 0 Å². The van der Waals surface area contributed by atoms with Crippen LogP contribution in [0, 0.1) is 0 Å². The molecule has 6 heterocycles. The summed E-state index contributed by atoms with van der Waals surface area (Å²) in [7, 11) is 0. The molecule has 0 unspecified atom stereocenters. The molecule has 71 heavy (non-hydrogen) atoms. The summed E-state index contributed by atoms with van der Waals surface area (Å²) in [5.74, 6) is 1.58. The average Bonchev–Trinajstić information content (AvgIpc) is 4.22. The Labute approximate surface area is 404 Å². The molecule has 8 nitrogen and oxygen atoms in total. The van der Waals surface area contributed by atoms with Crippen molar-refractivity contribution >= 4 is 109 Å². The van der Waals surface area contributed by atoms with Gasteiger partial charge in [0.2, 0.25) is 17.8 Å². The molecule has 8 heteroatoms. The van der Waals surface area contributed by atoms with Crippen molar-refractivity contribution in [1.82, 2.24) is 37.8 Å². The number of hydrogen-bond donors (Lipinski definition) is 0. The SMILES string of the molecule is c1ccc(-n2c3ccccc3c3cc4c(cc32)c2ccccc2n4-c2nc(-n3c4ccccc4c4ccccc43)nc(-n3c4ccccc4c4cc5c(cc43)c3ccccc3n5-c3ccccc3)n2)cc1. The maximum Gasteiger partial charge on any atom is 0.241 e. The van der Waals surface area contributed by atoms with Gasteiger partial charge in [0, 0.05) is 65.2 Å². The highest BCUT2D eigenvalue weighted by molar-refractivity contribution is 6.20. The highest BCUT2D eigenvalue weighted by Gasteiger charge is 2.25. The molecule has 0 spiro atoms. The standard InChI is InChI=1S/C63H38N8/c1-3-19-39(20-4-1)67-51-29-13-9-25-43(51)47-37-59-49(35-57(47)67)45-27-11-17-33-55(45)70(59)62-64-61(69-53-31-15-7-23-41(53)42-24-8-16-32-54(42)69)65-63(66-62)71-56-34-18-12-28-46(56)50-36-58-48(38-60(50)71)44-26-10-14-30-52(44)68(58)40-21-5-2-6-22-40/h1-38H. The quantitative estimate of drug-likeness (QED) is 0.173. The molecule has 0 bridgehead atoms. The Morgan fingerprint density at radius 1 is 0.183 bits per heavy atom. The molecular formula is C63H38N8. The van der Waals surface area contributed by atoms with Crippen LogP contribution in [0.15, 0.2) is 231 Å². The third kappa shape index (κ3) is 5.30. The van der Waals surface area contributed by atoms with Crippen LogP contribution in [0.25, 0.3) is 138 Å². The summed E-state index contributed by atoms with van der Waals surface area (Å²) in [6.07, 6.45) is 0. The molecule has 0 saturated carbocycles. The minimum atomic E-state index is 0.525. The molecule has 0 radical (unpaired) electrons. The number of hydrogen-bond acceptors (Lipinski definition) is 3. The molecule has 0 atom stereocenters. The maximum absolute atomic E-state index is 5.66. The number of benzene rings is 10. The van der Waals surface area contributed by atoms with Crippen LogP contribution in [-0.4, -0.2) is 37.8 Å². The highest BCUT2D eigenvalue weighted by atomic mass is 15.3. The summed E-state index contributed by atoms with van der Waals surface area (Å²) in [5, 5.41) is 11.4. The zero-order valence-corrected chi connectivity index (χ0v) is 38.0. The molecule has 0 aliphatic rings. The lowest BCUT2D eigenvalue weighted by atomic mass is 10.1. The molecule has 6 aromatic heterocycles. The van der Waals surface area contributed by atoms with E-state index in [4.69, 9.17) is 15.0 Å². The smallest absolute Gasteiger partial charge is 0.241 e. The molecule has 0 saturated heterocycles. The Morgan fingerprint density at radius 2 is 0.394 bits per heavy atom. The average molecular weight is 907 g/mol. The van der Waals surface area contributed by atoms with Crippen molar-refractivity contribution in [2.75, 3.05) is 0 Å². The molecular weight excluding hydrogens is 869 g/mol. The van der Waals surface area contributed by atoms with E-state index in [1.807, 2.05) is 0 Å². The van der Waals surface area contributed by atoms with Crippen molar-refractivity contribution in [2.24, 2.45) is 0 Å². The van der Waals surface area contributed by atoms with E-state index in [-0.39, 0.29) is 0 Å². The van der Waals surface area contributed by atoms with E-state index in [0.717, 1.165) is 110 Å². The van der Waals surface area contributed by atoms with Gasteiger partial charge in [-0.3, -0.25) is 13.7 Å². The maximum atomic E-state index is 5.66.